The quantitative estimate of drug-likeness (QED) is 0.754. The van der Waals surface area contributed by atoms with Crippen molar-refractivity contribution in [3.05, 3.63) is 11.6 Å². The van der Waals surface area contributed by atoms with Crippen molar-refractivity contribution in [1.82, 2.24) is 5.32 Å². The second-order valence-corrected chi connectivity index (χ2v) is 6.05. The van der Waals surface area contributed by atoms with Crippen LogP contribution in [0.3, 0.4) is 0 Å². The molecule has 1 fully saturated rings. The lowest BCUT2D eigenvalue weighted by molar-refractivity contribution is -0.137. The summed E-state index contributed by atoms with van der Waals surface area (Å²) in [6.07, 6.45) is 8.77. The van der Waals surface area contributed by atoms with Crippen LogP contribution < -0.4 is 5.32 Å². The summed E-state index contributed by atoms with van der Waals surface area (Å²) in [6, 6.07) is 0. The highest BCUT2D eigenvalue weighted by Crippen LogP contribution is 2.28. The van der Waals surface area contributed by atoms with Crippen LogP contribution >= 0.6 is 11.8 Å². The van der Waals surface area contributed by atoms with Crippen molar-refractivity contribution in [2.24, 2.45) is 0 Å². The first-order chi connectivity index (χ1) is 8.21. The van der Waals surface area contributed by atoms with Gasteiger partial charge >= 0.3 is 0 Å². The zero-order valence-electron chi connectivity index (χ0n) is 10.2. The first-order valence-corrected chi connectivity index (χ1v) is 7.62. The predicted molar refractivity (Wildman–Crippen MR) is 71.1 cm³/mol. The molecule has 1 saturated heterocycles. The number of aliphatic hydroxyl groups is 1. The first kappa shape index (κ1) is 13.0. The second-order valence-electron chi connectivity index (χ2n) is 4.95. The number of rotatable bonds is 4. The van der Waals surface area contributed by atoms with E-state index < -0.39 is 5.60 Å². The molecule has 1 aliphatic carbocycles. The monoisotopic (exact) mass is 255 g/mol. The van der Waals surface area contributed by atoms with Crippen molar-refractivity contribution in [2.45, 2.75) is 44.1 Å². The zero-order valence-corrected chi connectivity index (χ0v) is 11.0. The standard InChI is InChI=1S/C13H21NO2S/c15-12(13(16)7-9-17-10-13)14-8-6-11-4-2-1-3-5-11/h4,16H,1-3,5-10H2,(H,14,15). The molecule has 2 N–H and O–H groups in total. The Hall–Kier alpha value is -0.480. The fourth-order valence-electron chi connectivity index (χ4n) is 2.37. The first-order valence-electron chi connectivity index (χ1n) is 6.47. The highest BCUT2D eigenvalue weighted by atomic mass is 32.2. The van der Waals surface area contributed by atoms with Gasteiger partial charge in [0.1, 0.15) is 0 Å². The molecule has 1 unspecified atom stereocenters. The van der Waals surface area contributed by atoms with Crippen molar-refractivity contribution in [1.29, 1.82) is 0 Å². The molecule has 17 heavy (non-hydrogen) atoms. The normalized spacial score (nSPS) is 28.9. The molecule has 0 aromatic rings. The van der Waals surface area contributed by atoms with Gasteiger partial charge < -0.3 is 10.4 Å². The Balaban J connectivity index is 1.71. The van der Waals surface area contributed by atoms with Gasteiger partial charge in [-0.05, 0) is 44.3 Å². The summed E-state index contributed by atoms with van der Waals surface area (Å²) in [7, 11) is 0. The van der Waals surface area contributed by atoms with Crippen molar-refractivity contribution in [3.8, 4) is 0 Å². The maximum atomic E-state index is 11.8. The minimum Gasteiger partial charge on any atom is -0.379 e. The van der Waals surface area contributed by atoms with E-state index in [1.54, 1.807) is 11.8 Å². The van der Waals surface area contributed by atoms with Crippen molar-refractivity contribution >= 4 is 17.7 Å². The molecular formula is C13H21NO2S. The number of carbonyl (C=O) groups excluding carboxylic acids is 1. The molecule has 2 aliphatic rings. The van der Waals surface area contributed by atoms with E-state index in [0.29, 0.717) is 18.7 Å². The summed E-state index contributed by atoms with van der Waals surface area (Å²) in [5, 5.41) is 12.9. The Labute approximate surface area is 107 Å². The fourth-order valence-corrected chi connectivity index (χ4v) is 3.61. The summed E-state index contributed by atoms with van der Waals surface area (Å²) in [5.74, 6) is 1.25. The van der Waals surface area contributed by atoms with Crippen LogP contribution in [-0.2, 0) is 4.79 Å². The number of hydrogen-bond acceptors (Lipinski definition) is 3. The maximum Gasteiger partial charge on any atom is 0.252 e. The van der Waals surface area contributed by atoms with E-state index in [9.17, 15) is 9.90 Å². The lowest BCUT2D eigenvalue weighted by Gasteiger charge is -2.20. The third-order valence-corrected chi connectivity index (χ3v) is 4.71. The number of nitrogens with one attached hydrogen (secondary N) is 1. The van der Waals surface area contributed by atoms with Crippen LogP contribution in [0.15, 0.2) is 11.6 Å². The average Bonchev–Trinajstić information content (AvgIpc) is 2.79. The number of carbonyl (C=O) groups is 1. The van der Waals surface area contributed by atoms with E-state index in [2.05, 4.69) is 11.4 Å². The fraction of sp³-hybridized carbons (Fsp3) is 0.769. The van der Waals surface area contributed by atoms with E-state index in [4.69, 9.17) is 0 Å². The molecule has 0 radical (unpaired) electrons. The van der Waals surface area contributed by atoms with Crippen LogP contribution in [0.5, 0.6) is 0 Å². The molecule has 96 valence electrons. The number of amides is 1. The third-order valence-electron chi connectivity index (χ3n) is 3.54. The molecule has 1 aliphatic heterocycles. The van der Waals surface area contributed by atoms with E-state index in [0.717, 1.165) is 12.2 Å². The Morgan fingerprint density at radius 1 is 1.53 bits per heavy atom. The van der Waals surface area contributed by atoms with Gasteiger partial charge in [-0.2, -0.15) is 11.8 Å². The van der Waals surface area contributed by atoms with Gasteiger partial charge in [0.2, 0.25) is 0 Å². The van der Waals surface area contributed by atoms with Gasteiger partial charge in [0.25, 0.3) is 5.91 Å². The molecule has 4 heteroatoms. The van der Waals surface area contributed by atoms with Gasteiger partial charge in [-0.1, -0.05) is 11.6 Å². The highest BCUT2D eigenvalue weighted by molar-refractivity contribution is 7.99. The zero-order chi connectivity index (χ0) is 12.1. The highest BCUT2D eigenvalue weighted by Gasteiger charge is 2.39. The number of thioether (sulfide) groups is 1. The number of hydrogen-bond donors (Lipinski definition) is 2. The molecule has 1 amide bonds. The Kier molecular flexibility index (Phi) is 4.51. The van der Waals surface area contributed by atoms with Crippen LogP contribution in [0.25, 0.3) is 0 Å². The Morgan fingerprint density at radius 2 is 2.41 bits per heavy atom. The Bertz CT molecular complexity index is 309. The van der Waals surface area contributed by atoms with Gasteiger partial charge in [-0.25, -0.2) is 0 Å². The van der Waals surface area contributed by atoms with Crippen LogP contribution in [0, 0.1) is 0 Å². The minimum absolute atomic E-state index is 0.182. The molecule has 3 nitrogen and oxygen atoms in total. The Morgan fingerprint density at radius 3 is 3.06 bits per heavy atom. The summed E-state index contributed by atoms with van der Waals surface area (Å²) in [6.45, 7) is 0.664. The van der Waals surface area contributed by atoms with Crippen molar-refractivity contribution < 1.29 is 9.90 Å². The van der Waals surface area contributed by atoms with Gasteiger partial charge in [-0.3, -0.25) is 4.79 Å². The van der Waals surface area contributed by atoms with E-state index in [1.165, 1.54) is 31.3 Å². The van der Waals surface area contributed by atoms with E-state index >= 15 is 0 Å². The lowest BCUT2D eigenvalue weighted by Crippen LogP contribution is -2.47. The minimum atomic E-state index is -1.11. The summed E-state index contributed by atoms with van der Waals surface area (Å²) >= 11 is 1.65. The SMILES string of the molecule is O=C(NCCC1=CCCCC1)C1(O)CCSC1. The van der Waals surface area contributed by atoms with E-state index in [1.807, 2.05) is 0 Å². The maximum absolute atomic E-state index is 11.8. The third kappa shape index (κ3) is 3.49. The molecule has 0 spiro atoms. The molecule has 1 heterocycles. The van der Waals surface area contributed by atoms with Crippen molar-refractivity contribution in [3.63, 3.8) is 0 Å². The van der Waals surface area contributed by atoms with Crippen LogP contribution in [0.1, 0.15) is 38.5 Å². The van der Waals surface area contributed by atoms with Crippen LogP contribution in [-0.4, -0.2) is 34.7 Å². The molecule has 1 atom stereocenters. The van der Waals surface area contributed by atoms with Gasteiger partial charge in [0, 0.05) is 12.3 Å². The largest absolute Gasteiger partial charge is 0.379 e. The van der Waals surface area contributed by atoms with Gasteiger partial charge in [0.05, 0.1) is 0 Å². The van der Waals surface area contributed by atoms with E-state index in [-0.39, 0.29) is 5.91 Å². The summed E-state index contributed by atoms with van der Waals surface area (Å²) < 4.78 is 0. The van der Waals surface area contributed by atoms with Crippen molar-refractivity contribution in [2.75, 3.05) is 18.1 Å². The summed E-state index contributed by atoms with van der Waals surface area (Å²) in [5.41, 5.74) is 0.357. The average molecular weight is 255 g/mol. The molecule has 0 bridgehead atoms. The molecular weight excluding hydrogens is 234 g/mol. The number of allylic oxidation sites excluding steroid dienone is 1. The van der Waals surface area contributed by atoms with Gasteiger partial charge in [0.15, 0.2) is 5.60 Å². The van der Waals surface area contributed by atoms with Crippen LogP contribution in [0.2, 0.25) is 0 Å². The molecule has 2 rings (SSSR count). The predicted octanol–water partition coefficient (Wildman–Crippen LogP) is 1.86. The summed E-state index contributed by atoms with van der Waals surface area (Å²) in [4.78, 5) is 11.8. The second kappa shape index (κ2) is 5.91. The smallest absolute Gasteiger partial charge is 0.252 e. The molecule has 0 aromatic carbocycles. The van der Waals surface area contributed by atoms with Crippen LogP contribution in [0.4, 0.5) is 0 Å². The molecule has 0 aromatic heterocycles. The van der Waals surface area contributed by atoms with Gasteiger partial charge in [-0.15, -0.1) is 0 Å². The topological polar surface area (TPSA) is 49.3 Å². The lowest BCUT2D eigenvalue weighted by atomic mass is 9.97. The molecule has 0 saturated carbocycles.